The maximum atomic E-state index is 13.7. The molecule has 0 radical (unpaired) electrons. The van der Waals surface area contributed by atoms with Crippen molar-refractivity contribution in [3.05, 3.63) is 76.6 Å². The van der Waals surface area contributed by atoms with Crippen LogP contribution in [-0.2, 0) is 13.1 Å². The number of nitrogens with zero attached hydrogens (tertiary/aromatic N) is 2. The number of anilines is 1. The van der Waals surface area contributed by atoms with Gasteiger partial charge in [0.15, 0.2) is 11.6 Å². The Morgan fingerprint density at radius 2 is 1.76 bits per heavy atom. The Morgan fingerprint density at radius 3 is 2.52 bits per heavy atom. The van der Waals surface area contributed by atoms with Crippen LogP contribution in [0.25, 0.3) is 11.0 Å². The lowest BCUT2D eigenvalue weighted by Gasteiger charge is -2.26. The molecular formula is C27H30N2O4. The average molecular weight is 447 g/mol. The molecule has 0 aliphatic carbocycles. The first-order chi connectivity index (χ1) is 16.0. The summed E-state index contributed by atoms with van der Waals surface area (Å²) in [6, 6.07) is 11.8. The van der Waals surface area contributed by atoms with Crippen LogP contribution in [0.3, 0.4) is 0 Å². The molecule has 0 atom stereocenters. The number of fused-ring (bicyclic) bond motifs is 1. The van der Waals surface area contributed by atoms with Crippen LogP contribution in [0, 0.1) is 20.8 Å². The first-order valence-electron chi connectivity index (χ1n) is 11.7. The smallest absolute Gasteiger partial charge is 0.290 e. The molecule has 172 valence electrons. The minimum Gasteiger partial charge on any atom is -0.467 e. The number of piperidine rings is 1. The summed E-state index contributed by atoms with van der Waals surface area (Å²) in [5.41, 5.74) is 3.84. The topological polar surface area (TPSA) is 63.0 Å². The number of carbonyl (C=O) groups is 1. The molecule has 1 aromatic carbocycles. The molecule has 1 aliphatic rings. The van der Waals surface area contributed by atoms with E-state index in [-0.39, 0.29) is 5.91 Å². The van der Waals surface area contributed by atoms with E-state index in [2.05, 4.69) is 17.9 Å². The molecule has 6 nitrogen and oxygen atoms in total. The second-order valence-electron chi connectivity index (χ2n) is 9.04. The molecule has 0 saturated carbocycles. The van der Waals surface area contributed by atoms with Crippen LogP contribution in [0.4, 0.5) is 5.88 Å². The summed E-state index contributed by atoms with van der Waals surface area (Å²) in [7, 11) is 0. The number of aryl methyl sites for hydroxylation is 3. The standard InChI is InChI=1S/C27H30N2O4/c1-18-14-19(2)25-20(3)26(33-23(25)15-18)27(30)29(16-21-8-7-13-31-21)17-22-9-10-24(32-22)28-11-5-4-6-12-28/h7-10,13-15H,4-6,11-12,16-17H2,1-3H3. The first-order valence-corrected chi connectivity index (χ1v) is 11.7. The van der Waals surface area contributed by atoms with E-state index in [9.17, 15) is 4.79 Å². The fraction of sp³-hybridized carbons (Fsp3) is 0.370. The van der Waals surface area contributed by atoms with Gasteiger partial charge in [0.25, 0.3) is 5.91 Å². The Hall–Kier alpha value is -3.41. The molecule has 1 amide bonds. The largest absolute Gasteiger partial charge is 0.467 e. The summed E-state index contributed by atoms with van der Waals surface area (Å²) in [6.45, 7) is 8.73. The number of hydrogen-bond donors (Lipinski definition) is 0. The van der Waals surface area contributed by atoms with Crippen molar-refractivity contribution in [3.63, 3.8) is 0 Å². The van der Waals surface area contributed by atoms with Crippen LogP contribution in [0.5, 0.6) is 0 Å². The van der Waals surface area contributed by atoms with Gasteiger partial charge in [0.2, 0.25) is 0 Å². The highest BCUT2D eigenvalue weighted by Gasteiger charge is 2.26. The molecule has 1 saturated heterocycles. The maximum absolute atomic E-state index is 13.7. The number of hydrogen-bond acceptors (Lipinski definition) is 5. The van der Waals surface area contributed by atoms with E-state index in [1.54, 1.807) is 11.2 Å². The summed E-state index contributed by atoms with van der Waals surface area (Å²) in [5.74, 6) is 2.53. The zero-order valence-electron chi connectivity index (χ0n) is 19.5. The Kier molecular flexibility index (Phi) is 5.75. The third-order valence-corrected chi connectivity index (χ3v) is 6.44. The molecule has 5 rings (SSSR count). The third-order valence-electron chi connectivity index (χ3n) is 6.44. The predicted octanol–water partition coefficient (Wildman–Crippen LogP) is 6.38. The summed E-state index contributed by atoms with van der Waals surface area (Å²) < 4.78 is 17.8. The lowest BCUT2D eigenvalue weighted by molar-refractivity contribution is 0.0674. The van der Waals surface area contributed by atoms with E-state index in [1.165, 1.54) is 19.3 Å². The van der Waals surface area contributed by atoms with E-state index < -0.39 is 0 Å². The van der Waals surface area contributed by atoms with Crippen molar-refractivity contribution < 1.29 is 18.0 Å². The SMILES string of the molecule is Cc1cc(C)c2c(C)c(C(=O)N(Cc3ccco3)Cc3ccc(N4CCCCC4)o3)oc2c1. The number of amides is 1. The van der Waals surface area contributed by atoms with E-state index in [4.69, 9.17) is 13.3 Å². The molecule has 0 bridgehead atoms. The Labute approximate surface area is 193 Å². The van der Waals surface area contributed by atoms with E-state index in [1.807, 2.05) is 44.2 Å². The molecule has 0 unspecified atom stereocenters. The van der Waals surface area contributed by atoms with Gasteiger partial charge < -0.3 is 23.1 Å². The normalized spacial score (nSPS) is 14.2. The molecule has 4 heterocycles. The summed E-state index contributed by atoms with van der Waals surface area (Å²) in [4.78, 5) is 17.7. The number of carbonyl (C=O) groups excluding carboxylic acids is 1. The van der Waals surface area contributed by atoms with Crippen molar-refractivity contribution in [2.45, 2.75) is 53.1 Å². The van der Waals surface area contributed by atoms with Gasteiger partial charge in [-0.25, -0.2) is 0 Å². The minimum absolute atomic E-state index is 0.173. The highest BCUT2D eigenvalue weighted by atomic mass is 16.4. The maximum Gasteiger partial charge on any atom is 0.290 e. The zero-order chi connectivity index (χ0) is 22.9. The predicted molar refractivity (Wildman–Crippen MR) is 127 cm³/mol. The number of furan rings is 3. The number of rotatable bonds is 6. The molecule has 6 heteroatoms. The van der Waals surface area contributed by atoms with E-state index >= 15 is 0 Å². The zero-order valence-corrected chi connectivity index (χ0v) is 19.5. The van der Waals surface area contributed by atoms with Crippen LogP contribution in [0.15, 0.2) is 55.9 Å². The van der Waals surface area contributed by atoms with Crippen LogP contribution in [0.2, 0.25) is 0 Å². The van der Waals surface area contributed by atoms with Gasteiger partial charge in [0, 0.05) is 30.1 Å². The highest BCUT2D eigenvalue weighted by Crippen LogP contribution is 2.31. The molecule has 33 heavy (non-hydrogen) atoms. The molecule has 3 aromatic heterocycles. The van der Waals surface area contributed by atoms with E-state index in [0.29, 0.717) is 24.6 Å². The molecule has 1 fully saturated rings. The van der Waals surface area contributed by atoms with Crippen LogP contribution in [-0.4, -0.2) is 23.9 Å². The van der Waals surface area contributed by atoms with Crippen LogP contribution in [0.1, 0.15) is 58.0 Å². The first kappa shape index (κ1) is 21.4. The number of benzene rings is 1. The Morgan fingerprint density at radius 1 is 0.970 bits per heavy atom. The molecule has 0 N–H and O–H groups in total. The fourth-order valence-corrected chi connectivity index (χ4v) is 4.85. The van der Waals surface area contributed by atoms with Gasteiger partial charge in [0.1, 0.15) is 17.1 Å². The van der Waals surface area contributed by atoms with E-state index in [0.717, 1.165) is 52.4 Å². The second-order valence-corrected chi connectivity index (χ2v) is 9.04. The second kappa shape index (κ2) is 8.85. The van der Waals surface area contributed by atoms with Gasteiger partial charge in [-0.3, -0.25) is 4.79 Å². The lowest BCUT2D eigenvalue weighted by Crippen LogP contribution is -2.30. The Bertz CT molecular complexity index is 1260. The van der Waals surface area contributed by atoms with Gasteiger partial charge in [-0.1, -0.05) is 6.07 Å². The molecule has 0 spiro atoms. The van der Waals surface area contributed by atoms with Gasteiger partial charge in [0.05, 0.1) is 19.4 Å². The minimum atomic E-state index is -0.173. The van der Waals surface area contributed by atoms with Crippen molar-refractivity contribution in [1.29, 1.82) is 0 Å². The fourth-order valence-electron chi connectivity index (χ4n) is 4.85. The molecule has 4 aromatic rings. The van der Waals surface area contributed by atoms with Gasteiger partial charge >= 0.3 is 0 Å². The highest BCUT2D eigenvalue weighted by molar-refractivity contribution is 6.00. The van der Waals surface area contributed by atoms with Crippen molar-refractivity contribution in [3.8, 4) is 0 Å². The summed E-state index contributed by atoms with van der Waals surface area (Å²) in [6.07, 6.45) is 5.26. The quantitative estimate of drug-likeness (QED) is 0.344. The van der Waals surface area contributed by atoms with Crippen LogP contribution >= 0.6 is 0 Å². The molecular weight excluding hydrogens is 416 g/mol. The van der Waals surface area contributed by atoms with Gasteiger partial charge in [-0.15, -0.1) is 0 Å². The lowest BCUT2D eigenvalue weighted by atomic mass is 10.0. The van der Waals surface area contributed by atoms with Crippen molar-refractivity contribution >= 4 is 22.8 Å². The average Bonchev–Trinajstić information content (AvgIpc) is 3.54. The molecule has 1 aliphatic heterocycles. The summed E-state index contributed by atoms with van der Waals surface area (Å²) in [5, 5.41) is 1.01. The van der Waals surface area contributed by atoms with Crippen molar-refractivity contribution in [2.75, 3.05) is 18.0 Å². The van der Waals surface area contributed by atoms with Crippen molar-refractivity contribution in [2.24, 2.45) is 0 Å². The van der Waals surface area contributed by atoms with Crippen molar-refractivity contribution in [1.82, 2.24) is 4.90 Å². The van der Waals surface area contributed by atoms with Crippen LogP contribution < -0.4 is 4.90 Å². The third kappa shape index (κ3) is 4.30. The Balaban J connectivity index is 1.45. The van der Waals surface area contributed by atoms with Gasteiger partial charge in [-0.05, 0) is 75.4 Å². The summed E-state index contributed by atoms with van der Waals surface area (Å²) >= 11 is 0. The monoisotopic (exact) mass is 446 g/mol. The van der Waals surface area contributed by atoms with Gasteiger partial charge in [-0.2, -0.15) is 0 Å².